The Labute approximate surface area is 119 Å². The summed E-state index contributed by atoms with van der Waals surface area (Å²) in [6, 6.07) is 7.08. The van der Waals surface area contributed by atoms with E-state index in [4.69, 9.17) is 5.73 Å². The fourth-order valence-electron chi connectivity index (χ4n) is 2.29. The number of nitrogens with one attached hydrogen (secondary N) is 1. The second-order valence-corrected chi connectivity index (χ2v) is 4.99. The van der Waals surface area contributed by atoms with Crippen LogP contribution in [0, 0.1) is 19.7 Å². The number of aryl methyl sites for hydroxylation is 2. The average Bonchev–Trinajstić information content (AvgIpc) is 2.42. The zero-order valence-electron chi connectivity index (χ0n) is 12.1. The molecule has 1 aromatic heterocycles. The summed E-state index contributed by atoms with van der Waals surface area (Å²) in [7, 11) is 0. The van der Waals surface area contributed by atoms with Gasteiger partial charge in [0.1, 0.15) is 11.6 Å². The number of rotatable bonds is 4. The largest absolute Gasteiger partial charge is 0.383 e. The molecule has 20 heavy (non-hydrogen) atoms. The molecule has 0 aliphatic rings. The Morgan fingerprint density at radius 2 is 2.05 bits per heavy atom. The molecule has 1 atom stereocenters. The van der Waals surface area contributed by atoms with E-state index in [0.717, 1.165) is 23.2 Å². The zero-order valence-corrected chi connectivity index (χ0v) is 12.1. The van der Waals surface area contributed by atoms with Crippen molar-refractivity contribution >= 4 is 5.82 Å². The molecular weight excluding hydrogens is 253 g/mol. The lowest BCUT2D eigenvalue weighted by Gasteiger charge is -2.21. The van der Waals surface area contributed by atoms with Gasteiger partial charge in [-0.05, 0) is 49.2 Å². The minimum Gasteiger partial charge on any atom is -0.383 e. The molecular formula is C16H20FN3. The lowest BCUT2D eigenvalue weighted by molar-refractivity contribution is 0.606. The van der Waals surface area contributed by atoms with E-state index in [-0.39, 0.29) is 11.9 Å². The highest BCUT2D eigenvalue weighted by Gasteiger charge is 2.17. The van der Waals surface area contributed by atoms with Crippen molar-refractivity contribution in [1.29, 1.82) is 0 Å². The van der Waals surface area contributed by atoms with Crippen molar-refractivity contribution in [2.24, 2.45) is 0 Å². The van der Waals surface area contributed by atoms with Gasteiger partial charge in [0.05, 0.1) is 6.04 Å². The molecule has 2 aromatic rings. The van der Waals surface area contributed by atoms with Crippen LogP contribution in [0.25, 0.3) is 0 Å². The topological polar surface area (TPSA) is 50.9 Å². The first-order valence-corrected chi connectivity index (χ1v) is 6.74. The van der Waals surface area contributed by atoms with E-state index in [2.05, 4.69) is 10.3 Å². The predicted octanol–water partition coefficient (Wildman–Crippen LogP) is 3.12. The highest BCUT2D eigenvalue weighted by Crippen LogP contribution is 2.27. The lowest BCUT2D eigenvalue weighted by Crippen LogP contribution is -2.23. The van der Waals surface area contributed by atoms with E-state index in [1.54, 1.807) is 19.2 Å². The number of nitrogen functional groups attached to an aromatic ring is 1. The Balaban J connectivity index is 2.49. The normalized spacial score (nSPS) is 12.4. The third-order valence-electron chi connectivity index (χ3n) is 3.32. The fourth-order valence-corrected chi connectivity index (χ4v) is 2.29. The minimum absolute atomic E-state index is 0.0771. The van der Waals surface area contributed by atoms with Crippen molar-refractivity contribution < 1.29 is 4.39 Å². The molecule has 3 nitrogen and oxygen atoms in total. The molecule has 1 unspecified atom stereocenters. The lowest BCUT2D eigenvalue weighted by atomic mass is 9.96. The molecule has 1 aromatic carbocycles. The van der Waals surface area contributed by atoms with E-state index < -0.39 is 0 Å². The summed E-state index contributed by atoms with van der Waals surface area (Å²) in [6.07, 6.45) is 1.75. The number of hydrogen-bond donors (Lipinski definition) is 2. The summed E-state index contributed by atoms with van der Waals surface area (Å²) in [5.41, 5.74) is 9.60. The second kappa shape index (κ2) is 6.01. The highest BCUT2D eigenvalue weighted by atomic mass is 19.1. The molecule has 0 amide bonds. The SMILES string of the molecule is CCNC(c1ccc(F)c(C)c1)c1cc(C)cnc1N. The van der Waals surface area contributed by atoms with Gasteiger partial charge in [-0.3, -0.25) is 0 Å². The first-order chi connectivity index (χ1) is 9.52. The molecule has 1 heterocycles. The number of aromatic nitrogens is 1. The molecule has 0 spiro atoms. The Bertz CT molecular complexity index is 611. The molecule has 2 rings (SSSR count). The van der Waals surface area contributed by atoms with Gasteiger partial charge in [0.15, 0.2) is 0 Å². The third-order valence-corrected chi connectivity index (χ3v) is 3.32. The number of halogens is 1. The van der Waals surface area contributed by atoms with Crippen molar-refractivity contribution in [3.05, 3.63) is 58.5 Å². The van der Waals surface area contributed by atoms with Gasteiger partial charge in [-0.15, -0.1) is 0 Å². The molecule has 4 heteroatoms. The van der Waals surface area contributed by atoms with Crippen LogP contribution < -0.4 is 11.1 Å². The standard InChI is InChI=1S/C16H20FN3/c1-4-19-15(12-5-6-14(17)11(3)8-12)13-7-10(2)9-20-16(13)18/h5-9,15,19H,4H2,1-3H3,(H2,18,20). The summed E-state index contributed by atoms with van der Waals surface area (Å²) < 4.78 is 13.4. The van der Waals surface area contributed by atoms with E-state index in [0.29, 0.717) is 11.4 Å². The summed E-state index contributed by atoms with van der Waals surface area (Å²) in [4.78, 5) is 4.21. The van der Waals surface area contributed by atoms with Gasteiger partial charge in [-0.25, -0.2) is 9.37 Å². The van der Waals surface area contributed by atoms with Crippen LogP contribution in [0.3, 0.4) is 0 Å². The number of pyridine rings is 1. The number of benzene rings is 1. The van der Waals surface area contributed by atoms with Crippen LogP contribution in [0.2, 0.25) is 0 Å². The fraction of sp³-hybridized carbons (Fsp3) is 0.312. The smallest absolute Gasteiger partial charge is 0.128 e. The molecule has 3 N–H and O–H groups in total. The zero-order chi connectivity index (χ0) is 14.7. The van der Waals surface area contributed by atoms with Crippen molar-refractivity contribution in [2.75, 3.05) is 12.3 Å². The molecule has 0 bridgehead atoms. The maximum atomic E-state index is 13.4. The number of hydrogen-bond acceptors (Lipinski definition) is 3. The van der Waals surface area contributed by atoms with Crippen LogP contribution in [0.15, 0.2) is 30.5 Å². The average molecular weight is 273 g/mol. The molecule has 0 radical (unpaired) electrons. The van der Waals surface area contributed by atoms with Crippen molar-refractivity contribution in [2.45, 2.75) is 26.8 Å². The van der Waals surface area contributed by atoms with Crippen LogP contribution in [0.4, 0.5) is 10.2 Å². The van der Waals surface area contributed by atoms with Crippen LogP contribution >= 0.6 is 0 Å². The van der Waals surface area contributed by atoms with Crippen molar-refractivity contribution in [3.63, 3.8) is 0 Å². The minimum atomic E-state index is -0.195. The van der Waals surface area contributed by atoms with Gasteiger partial charge in [0, 0.05) is 11.8 Å². The summed E-state index contributed by atoms with van der Waals surface area (Å²) in [5.74, 6) is 0.308. The van der Waals surface area contributed by atoms with Gasteiger partial charge in [0.25, 0.3) is 0 Å². The number of nitrogens with two attached hydrogens (primary N) is 1. The molecule has 0 fully saturated rings. The van der Waals surface area contributed by atoms with E-state index in [9.17, 15) is 4.39 Å². The maximum absolute atomic E-state index is 13.4. The van der Waals surface area contributed by atoms with E-state index in [1.165, 1.54) is 6.07 Å². The van der Waals surface area contributed by atoms with Gasteiger partial charge in [-0.1, -0.05) is 19.1 Å². The first-order valence-electron chi connectivity index (χ1n) is 6.74. The van der Waals surface area contributed by atoms with Crippen LogP contribution in [0.1, 0.15) is 35.2 Å². The first kappa shape index (κ1) is 14.5. The van der Waals surface area contributed by atoms with Crippen LogP contribution in [-0.2, 0) is 0 Å². The Morgan fingerprint density at radius 1 is 1.30 bits per heavy atom. The molecule has 106 valence electrons. The Kier molecular flexibility index (Phi) is 4.35. The summed E-state index contributed by atoms with van der Waals surface area (Å²) in [6.45, 7) is 6.56. The maximum Gasteiger partial charge on any atom is 0.128 e. The highest BCUT2D eigenvalue weighted by molar-refractivity contribution is 5.47. The Hall–Kier alpha value is -1.94. The number of anilines is 1. The van der Waals surface area contributed by atoms with Gasteiger partial charge < -0.3 is 11.1 Å². The van der Waals surface area contributed by atoms with Crippen LogP contribution in [0.5, 0.6) is 0 Å². The monoisotopic (exact) mass is 273 g/mol. The van der Waals surface area contributed by atoms with E-state index in [1.807, 2.05) is 26.0 Å². The summed E-state index contributed by atoms with van der Waals surface area (Å²) in [5, 5.41) is 3.39. The number of nitrogens with zero attached hydrogens (tertiary/aromatic N) is 1. The van der Waals surface area contributed by atoms with Crippen LogP contribution in [-0.4, -0.2) is 11.5 Å². The van der Waals surface area contributed by atoms with Gasteiger partial charge >= 0.3 is 0 Å². The van der Waals surface area contributed by atoms with E-state index >= 15 is 0 Å². The molecule has 0 saturated heterocycles. The summed E-state index contributed by atoms with van der Waals surface area (Å²) >= 11 is 0. The van der Waals surface area contributed by atoms with Crippen molar-refractivity contribution in [1.82, 2.24) is 10.3 Å². The third kappa shape index (κ3) is 2.96. The molecule has 0 aliphatic heterocycles. The van der Waals surface area contributed by atoms with Gasteiger partial charge in [-0.2, -0.15) is 0 Å². The van der Waals surface area contributed by atoms with Crippen molar-refractivity contribution in [3.8, 4) is 0 Å². The predicted molar refractivity (Wildman–Crippen MR) is 80.0 cm³/mol. The van der Waals surface area contributed by atoms with Gasteiger partial charge in [0.2, 0.25) is 0 Å². The Morgan fingerprint density at radius 3 is 2.70 bits per heavy atom. The molecule has 0 saturated carbocycles. The quantitative estimate of drug-likeness (QED) is 0.900. The molecule has 0 aliphatic carbocycles. The second-order valence-electron chi connectivity index (χ2n) is 4.99.